The number of nitrogens with one attached hydrogen (secondary N) is 1. The third kappa shape index (κ3) is 3.61. The number of carboxylic acids is 1. The molecule has 0 aliphatic carbocycles. The van der Waals surface area contributed by atoms with Crippen molar-refractivity contribution < 1.29 is 22.7 Å². The van der Waals surface area contributed by atoms with E-state index < -0.39 is 16.0 Å². The Morgan fingerprint density at radius 1 is 1.27 bits per heavy atom. The van der Waals surface area contributed by atoms with Gasteiger partial charge in [-0.1, -0.05) is 23.2 Å². The van der Waals surface area contributed by atoms with Crippen LogP contribution < -0.4 is 4.72 Å². The molecule has 2 rings (SSSR count). The first-order valence-electron chi connectivity index (χ1n) is 5.98. The number of furan rings is 1. The Bertz CT molecular complexity index is 829. The molecule has 9 heteroatoms. The monoisotopic (exact) mass is 363 g/mol. The van der Waals surface area contributed by atoms with Gasteiger partial charge in [0.2, 0.25) is 10.0 Å². The van der Waals surface area contributed by atoms with Gasteiger partial charge >= 0.3 is 5.97 Å². The van der Waals surface area contributed by atoms with Gasteiger partial charge in [0.25, 0.3) is 0 Å². The minimum Gasteiger partial charge on any atom is -0.478 e. The van der Waals surface area contributed by atoms with Crippen molar-refractivity contribution in [2.75, 3.05) is 0 Å². The summed E-state index contributed by atoms with van der Waals surface area (Å²) >= 11 is 11.6. The van der Waals surface area contributed by atoms with Crippen LogP contribution in [0.4, 0.5) is 0 Å². The third-order valence-electron chi connectivity index (χ3n) is 2.77. The summed E-state index contributed by atoms with van der Waals surface area (Å²) in [5, 5.41) is 8.69. The van der Waals surface area contributed by atoms with Gasteiger partial charge in [-0.2, -0.15) is 0 Å². The molecule has 1 aromatic heterocycles. The second kappa shape index (κ2) is 6.29. The molecule has 1 heterocycles. The summed E-state index contributed by atoms with van der Waals surface area (Å²) in [4.78, 5) is 10.7. The van der Waals surface area contributed by atoms with E-state index in [2.05, 4.69) is 4.72 Å². The lowest BCUT2D eigenvalue weighted by molar-refractivity contribution is 0.0697. The molecule has 6 nitrogen and oxygen atoms in total. The molecule has 2 N–H and O–H groups in total. The van der Waals surface area contributed by atoms with Crippen LogP contribution in [0.1, 0.15) is 21.9 Å². The Morgan fingerprint density at radius 3 is 2.50 bits per heavy atom. The van der Waals surface area contributed by atoms with Crippen molar-refractivity contribution in [3.8, 4) is 0 Å². The highest BCUT2D eigenvalue weighted by Gasteiger charge is 2.22. The molecule has 0 radical (unpaired) electrons. The van der Waals surface area contributed by atoms with E-state index in [4.69, 9.17) is 32.7 Å². The van der Waals surface area contributed by atoms with Gasteiger partial charge in [-0.15, -0.1) is 0 Å². The Balaban J connectivity index is 2.32. The molecule has 2 aromatic rings. The summed E-state index contributed by atoms with van der Waals surface area (Å²) in [6, 6.07) is 5.33. The molecule has 0 fully saturated rings. The van der Waals surface area contributed by atoms with E-state index in [0.717, 1.165) is 12.1 Å². The summed E-state index contributed by atoms with van der Waals surface area (Å²) in [5.74, 6) is -0.281. The van der Waals surface area contributed by atoms with Gasteiger partial charge in [0.15, 0.2) is 0 Å². The predicted octanol–water partition coefficient (Wildman–Crippen LogP) is 3.07. The largest absolute Gasteiger partial charge is 0.478 e. The maximum Gasteiger partial charge on any atom is 0.337 e. The van der Waals surface area contributed by atoms with Crippen molar-refractivity contribution in [3.63, 3.8) is 0 Å². The molecule has 1 aromatic carbocycles. The highest BCUT2D eigenvalue weighted by Crippen LogP contribution is 2.28. The first-order chi connectivity index (χ1) is 10.2. The van der Waals surface area contributed by atoms with E-state index in [1.54, 1.807) is 19.1 Å². The minimum absolute atomic E-state index is 0.0858. The Kier molecular flexibility index (Phi) is 4.81. The Hall–Kier alpha value is -1.54. The zero-order chi connectivity index (χ0) is 16.5. The van der Waals surface area contributed by atoms with Crippen LogP contribution in [0.3, 0.4) is 0 Å². The fourth-order valence-electron chi connectivity index (χ4n) is 1.72. The van der Waals surface area contributed by atoms with Crippen molar-refractivity contribution in [2.24, 2.45) is 0 Å². The van der Waals surface area contributed by atoms with Crippen molar-refractivity contribution >= 4 is 39.2 Å². The zero-order valence-corrected chi connectivity index (χ0v) is 13.6. The maximum absolute atomic E-state index is 12.2. The lowest BCUT2D eigenvalue weighted by Crippen LogP contribution is -2.23. The van der Waals surface area contributed by atoms with Gasteiger partial charge in [0, 0.05) is 0 Å². The maximum atomic E-state index is 12.2. The SMILES string of the molecule is Cc1ccc(CNS(=O)(=O)c2cc(C(=O)O)c(Cl)cc2Cl)o1. The van der Waals surface area contributed by atoms with Crippen LogP contribution in [0.2, 0.25) is 10.0 Å². The second-order valence-electron chi connectivity index (χ2n) is 4.40. The Labute approximate surface area is 136 Å². The third-order valence-corrected chi connectivity index (χ3v) is 4.95. The molecule has 22 heavy (non-hydrogen) atoms. The van der Waals surface area contributed by atoms with Crippen molar-refractivity contribution in [1.82, 2.24) is 4.72 Å². The molecule has 0 aliphatic heterocycles. The normalized spacial score (nSPS) is 11.6. The summed E-state index contributed by atoms with van der Waals surface area (Å²) in [6.45, 7) is 1.64. The fourth-order valence-corrected chi connectivity index (χ4v) is 3.57. The number of rotatable bonds is 5. The highest BCUT2D eigenvalue weighted by molar-refractivity contribution is 7.89. The van der Waals surface area contributed by atoms with Crippen LogP contribution in [0.25, 0.3) is 0 Å². The van der Waals surface area contributed by atoms with Crippen LogP contribution >= 0.6 is 23.2 Å². The van der Waals surface area contributed by atoms with E-state index in [1.165, 1.54) is 0 Å². The number of aryl methyl sites for hydroxylation is 1. The molecule has 0 atom stereocenters. The van der Waals surface area contributed by atoms with Gasteiger partial charge in [-0.3, -0.25) is 0 Å². The number of benzene rings is 1. The van der Waals surface area contributed by atoms with Crippen LogP contribution in [0, 0.1) is 6.92 Å². The van der Waals surface area contributed by atoms with Gasteiger partial charge in [-0.05, 0) is 31.2 Å². The minimum atomic E-state index is -4.02. The quantitative estimate of drug-likeness (QED) is 0.850. The smallest absolute Gasteiger partial charge is 0.337 e. The lowest BCUT2D eigenvalue weighted by atomic mass is 10.2. The molecule has 118 valence electrons. The Morgan fingerprint density at radius 2 is 1.95 bits per heavy atom. The van der Waals surface area contributed by atoms with Crippen LogP contribution in [0.15, 0.2) is 33.6 Å². The number of halogens is 2. The van der Waals surface area contributed by atoms with Crippen LogP contribution in [0.5, 0.6) is 0 Å². The van der Waals surface area contributed by atoms with Gasteiger partial charge < -0.3 is 9.52 Å². The van der Waals surface area contributed by atoms with E-state index >= 15 is 0 Å². The standard InChI is InChI=1S/C13H11Cl2NO5S/c1-7-2-3-8(21-7)6-16-22(19,20)12-4-9(13(17)18)10(14)5-11(12)15/h2-5,16H,6H2,1H3,(H,17,18). The molecule has 0 spiro atoms. The average molecular weight is 364 g/mol. The summed E-state index contributed by atoms with van der Waals surface area (Å²) in [7, 11) is -4.02. The molecule has 0 amide bonds. The number of aromatic carboxylic acids is 1. The molecule has 0 aliphatic rings. The summed E-state index contributed by atoms with van der Waals surface area (Å²) < 4.78 is 32.0. The lowest BCUT2D eigenvalue weighted by Gasteiger charge is -2.09. The van der Waals surface area contributed by atoms with Gasteiger partial charge in [0.05, 0.1) is 22.2 Å². The van der Waals surface area contributed by atoms with E-state index in [-0.39, 0.29) is 27.0 Å². The number of hydrogen-bond acceptors (Lipinski definition) is 4. The van der Waals surface area contributed by atoms with Gasteiger partial charge in [-0.25, -0.2) is 17.9 Å². The first-order valence-corrected chi connectivity index (χ1v) is 8.22. The van der Waals surface area contributed by atoms with Crippen LogP contribution in [-0.4, -0.2) is 19.5 Å². The number of sulfonamides is 1. The number of carboxylic acid groups (broad SMARTS) is 1. The first kappa shape index (κ1) is 16.8. The second-order valence-corrected chi connectivity index (χ2v) is 6.95. The molecular formula is C13H11Cl2NO5S. The molecule has 0 saturated heterocycles. The van der Waals surface area contributed by atoms with E-state index in [9.17, 15) is 13.2 Å². The average Bonchev–Trinajstić information content (AvgIpc) is 2.81. The van der Waals surface area contributed by atoms with Crippen molar-refractivity contribution in [3.05, 3.63) is 51.4 Å². The van der Waals surface area contributed by atoms with E-state index in [1.807, 2.05) is 0 Å². The molecule has 0 saturated carbocycles. The fraction of sp³-hybridized carbons (Fsp3) is 0.154. The highest BCUT2D eigenvalue weighted by atomic mass is 35.5. The number of hydrogen-bond donors (Lipinski definition) is 2. The molecular weight excluding hydrogens is 353 g/mol. The van der Waals surface area contributed by atoms with Crippen molar-refractivity contribution in [1.29, 1.82) is 0 Å². The van der Waals surface area contributed by atoms with E-state index in [0.29, 0.717) is 11.5 Å². The summed E-state index contributed by atoms with van der Waals surface area (Å²) in [5.41, 5.74) is -0.347. The zero-order valence-electron chi connectivity index (χ0n) is 11.3. The predicted molar refractivity (Wildman–Crippen MR) is 80.9 cm³/mol. The molecule has 0 bridgehead atoms. The van der Waals surface area contributed by atoms with Crippen molar-refractivity contribution in [2.45, 2.75) is 18.4 Å². The topological polar surface area (TPSA) is 96.6 Å². The molecule has 0 unspecified atom stereocenters. The number of carbonyl (C=O) groups is 1. The van der Waals surface area contributed by atoms with Crippen LogP contribution in [-0.2, 0) is 16.6 Å². The summed E-state index contributed by atoms with van der Waals surface area (Å²) in [6.07, 6.45) is 0. The van der Waals surface area contributed by atoms with Gasteiger partial charge in [0.1, 0.15) is 16.4 Å².